The van der Waals surface area contributed by atoms with E-state index in [1.54, 1.807) is 0 Å². The number of alkyl halides is 2. The van der Waals surface area contributed by atoms with Crippen molar-refractivity contribution in [2.45, 2.75) is 31.8 Å². The number of hydrogen-bond donors (Lipinski definition) is 0. The normalized spacial score (nSPS) is 23.2. The third kappa shape index (κ3) is 3.67. The highest BCUT2D eigenvalue weighted by Crippen LogP contribution is 2.13. The van der Waals surface area contributed by atoms with Crippen LogP contribution in [0.15, 0.2) is 0 Å². The van der Waals surface area contributed by atoms with Crippen LogP contribution in [0.2, 0.25) is 0 Å². The Morgan fingerprint density at radius 2 is 2.31 bits per heavy atom. The SMILES string of the molecule is O=C(OCC1CCCCO1)C(F)F. The van der Waals surface area contributed by atoms with Crippen molar-refractivity contribution in [3.05, 3.63) is 0 Å². The highest BCUT2D eigenvalue weighted by molar-refractivity contribution is 5.72. The lowest BCUT2D eigenvalue weighted by atomic mass is 10.1. The lowest BCUT2D eigenvalue weighted by Gasteiger charge is -2.21. The fraction of sp³-hybridized carbons (Fsp3) is 0.875. The number of carbonyl (C=O) groups is 1. The molecule has 0 N–H and O–H groups in total. The first-order valence-electron chi connectivity index (χ1n) is 4.26. The maximum atomic E-state index is 11.7. The van der Waals surface area contributed by atoms with Crippen molar-refractivity contribution in [2.75, 3.05) is 13.2 Å². The van der Waals surface area contributed by atoms with Gasteiger partial charge in [-0.1, -0.05) is 0 Å². The van der Waals surface area contributed by atoms with E-state index < -0.39 is 12.4 Å². The molecule has 0 radical (unpaired) electrons. The van der Waals surface area contributed by atoms with Crippen LogP contribution < -0.4 is 0 Å². The molecule has 1 saturated heterocycles. The van der Waals surface area contributed by atoms with Crippen LogP contribution >= 0.6 is 0 Å². The Kier molecular flexibility index (Phi) is 4.08. The van der Waals surface area contributed by atoms with Crippen molar-refractivity contribution in [3.8, 4) is 0 Å². The average Bonchev–Trinajstić information content (AvgIpc) is 2.15. The van der Waals surface area contributed by atoms with Gasteiger partial charge in [0.05, 0.1) is 6.10 Å². The first kappa shape index (κ1) is 10.4. The molecule has 0 spiro atoms. The molecule has 1 unspecified atom stereocenters. The minimum absolute atomic E-state index is 0.0524. The van der Waals surface area contributed by atoms with Gasteiger partial charge in [0.25, 0.3) is 0 Å². The van der Waals surface area contributed by atoms with E-state index in [4.69, 9.17) is 4.74 Å². The Labute approximate surface area is 75.0 Å². The molecule has 1 heterocycles. The van der Waals surface area contributed by atoms with E-state index in [2.05, 4.69) is 4.74 Å². The summed E-state index contributed by atoms with van der Waals surface area (Å²) in [6.45, 7) is 0.570. The second-order valence-electron chi connectivity index (χ2n) is 2.92. The van der Waals surface area contributed by atoms with Crippen molar-refractivity contribution in [3.63, 3.8) is 0 Å². The summed E-state index contributed by atoms with van der Waals surface area (Å²) in [5.41, 5.74) is 0. The quantitative estimate of drug-likeness (QED) is 0.636. The van der Waals surface area contributed by atoms with Crippen molar-refractivity contribution in [2.24, 2.45) is 0 Å². The Morgan fingerprint density at radius 3 is 2.85 bits per heavy atom. The molecule has 1 aliphatic heterocycles. The molecule has 1 rings (SSSR count). The zero-order valence-electron chi connectivity index (χ0n) is 7.17. The molecular formula is C8H12F2O3. The number of carbonyl (C=O) groups excluding carboxylic acids is 1. The van der Waals surface area contributed by atoms with Gasteiger partial charge in [-0.15, -0.1) is 0 Å². The van der Waals surface area contributed by atoms with Gasteiger partial charge in [-0.05, 0) is 19.3 Å². The molecule has 0 amide bonds. The zero-order chi connectivity index (χ0) is 9.68. The summed E-state index contributed by atoms with van der Waals surface area (Å²) >= 11 is 0. The summed E-state index contributed by atoms with van der Waals surface area (Å²) in [5, 5.41) is 0. The van der Waals surface area contributed by atoms with Crippen LogP contribution in [0.4, 0.5) is 8.78 Å². The Bertz CT molecular complexity index is 167. The molecule has 5 heteroatoms. The standard InChI is InChI=1S/C8H12F2O3/c9-7(10)8(11)13-5-6-3-1-2-4-12-6/h6-7H,1-5H2. The van der Waals surface area contributed by atoms with Crippen LogP contribution in [-0.4, -0.2) is 31.7 Å². The third-order valence-corrected chi connectivity index (χ3v) is 1.86. The lowest BCUT2D eigenvalue weighted by Crippen LogP contribution is -2.27. The van der Waals surface area contributed by atoms with E-state index >= 15 is 0 Å². The van der Waals surface area contributed by atoms with Gasteiger partial charge in [-0.25, -0.2) is 4.79 Å². The van der Waals surface area contributed by atoms with E-state index in [1.165, 1.54) is 0 Å². The van der Waals surface area contributed by atoms with Gasteiger partial charge >= 0.3 is 12.4 Å². The maximum Gasteiger partial charge on any atom is 0.373 e. The summed E-state index contributed by atoms with van der Waals surface area (Å²) in [6.07, 6.45) is -0.479. The number of ether oxygens (including phenoxy) is 2. The average molecular weight is 194 g/mol. The summed E-state index contributed by atoms with van der Waals surface area (Å²) in [6, 6.07) is 0. The molecular weight excluding hydrogens is 182 g/mol. The highest BCUT2D eigenvalue weighted by atomic mass is 19.3. The van der Waals surface area contributed by atoms with E-state index in [-0.39, 0.29) is 12.7 Å². The first-order valence-corrected chi connectivity index (χ1v) is 4.26. The van der Waals surface area contributed by atoms with Gasteiger partial charge in [-0.2, -0.15) is 8.78 Å². The second-order valence-corrected chi connectivity index (χ2v) is 2.92. The van der Waals surface area contributed by atoms with E-state index in [0.717, 1.165) is 19.3 Å². The van der Waals surface area contributed by atoms with Crippen LogP contribution in [0.5, 0.6) is 0 Å². The van der Waals surface area contributed by atoms with Crippen LogP contribution in [0.1, 0.15) is 19.3 Å². The zero-order valence-corrected chi connectivity index (χ0v) is 7.17. The van der Waals surface area contributed by atoms with E-state index in [1.807, 2.05) is 0 Å². The largest absolute Gasteiger partial charge is 0.459 e. The van der Waals surface area contributed by atoms with Crippen LogP contribution in [0, 0.1) is 0 Å². The molecule has 0 saturated carbocycles. The van der Waals surface area contributed by atoms with Crippen molar-refractivity contribution in [1.29, 1.82) is 0 Å². The smallest absolute Gasteiger partial charge is 0.373 e. The highest BCUT2D eigenvalue weighted by Gasteiger charge is 2.20. The Balaban J connectivity index is 2.13. The molecule has 1 fully saturated rings. The molecule has 13 heavy (non-hydrogen) atoms. The molecule has 0 aromatic rings. The topological polar surface area (TPSA) is 35.5 Å². The van der Waals surface area contributed by atoms with Gasteiger partial charge in [0.2, 0.25) is 0 Å². The third-order valence-electron chi connectivity index (χ3n) is 1.86. The molecule has 0 aliphatic carbocycles. The summed E-state index contributed by atoms with van der Waals surface area (Å²) in [7, 11) is 0. The number of rotatable bonds is 3. The minimum atomic E-state index is -3.04. The van der Waals surface area contributed by atoms with Crippen molar-refractivity contribution < 1.29 is 23.0 Å². The van der Waals surface area contributed by atoms with Crippen LogP contribution in [-0.2, 0) is 14.3 Å². The molecule has 76 valence electrons. The fourth-order valence-corrected chi connectivity index (χ4v) is 1.18. The fourth-order valence-electron chi connectivity index (χ4n) is 1.18. The molecule has 0 aromatic heterocycles. The van der Waals surface area contributed by atoms with Crippen molar-refractivity contribution >= 4 is 5.97 Å². The predicted molar refractivity (Wildman–Crippen MR) is 40.6 cm³/mol. The number of hydrogen-bond acceptors (Lipinski definition) is 3. The Morgan fingerprint density at radius 1 is 1.54 bits per heavy atom. The van der Waals surface area contributed by atoms with Crippen LogP contribution in [0.25, 0.3) is 0 Å². The number of esters is 1. The van der Waals surface area contributed by atoms with Gasteiger partial charge < -0.3 is 9.47 Å². The number of halogens is 2. The van der Waals surface area contributed by atoms with E-state index in [0.29, 0.717) is 6.61 Å². The second kappa shape index (κ2) is 5.11. The lowest BCUT2D eigenvalue weighted by molar-refractivity contribution is -0.161. The Hall–Kier alpha value is -0.710. The van der Waals surface area contributed by atoms with Crippen molar-refractivity contribution in [1.82, 2.24) is 0 Å². The van der Waals surface area contributed by atoms with Gasteiger partial charge in [0.15, 0.2) is 0 Å². The minimum Gasteiger partial charge on any atom is -0.459 e. The molecule has 1 aliphatic rings. The van der Waals surface area contributed by atoms with E-state index in [9.17, 15) is 13.6 Å². The van der Waals surface area contributed by atoms with Gasteiger partial charge in [0, 0.05) is 6.61 Å². The monoisotopic (exact) mass is 194 g/mol. The van der Waals surface area contributed by atoms with Gasteiger partial charge in [-0.3, -0.25) is 0 Å². The van der Waals surface area contributed by atoms with Crippen LogP contribution in [0.3, 0.4) is 0 Å². The molecule has 0 aromatic carbocycles. The summed E-state index contributed by atoms with van der Waals surface area (Å²) in [5.74, 6) is -1.46. The molecule has 1 atom stereocenters. The van der Waals surface area contributed by atoms with Gasteiger partial charge in [0.1, 0.15) is 6.61 Å². The summed E-state index contributed by atoms with van der Waals surface area (Å²) in [4.78, 5) is 10.4. The summed E-state index contributed by atoms with van der Waals surface area (Å²) < 4.78 is 32.8. The molecule has 3 nitrogen and oxygen atoms in total. The predicted octanol–water partition coefficient (Wildman–Crippen LogP) is 1.36. The first-order chi connectivity index (χ1) is 6.20. The maximum absolute atomic E-state index is 11.7. The molecule has 0 bridgehead atoms.